The number of rotatable bonds is 5. The van der Waals surface area contributed by atoms with Gasteiger partial charge in [-0.05, 0) is 51.1 Å². The van der Waals surface area contributed by atoms with Gasteiger partial charge < -0.3 is 15.3 Å². The smallest absolute Gasteiger partial charge is 0.311 e. The van der Waals surface area contributed by atoms with Crippen molar-refractivity contribution in [2.24, 2.45) is 11.3 Å². The largest absolute Gasteiger partial charge is 0.481 e. The van der Waals surface area contributed by atoms with Gasteiger partial charge in [0.15, 0.2) is 0 Å². The number of carbonyl (C=O) groups excluding carboxylic acids is 1. The molecule has 2 unspecified atom stereocenters. The van der Waals surface area contributed by atoms with Crippen LogP contribution in [-0.4, -0.2) is 48.1 Å². The van der Waals surface area contributed by atoms with Crippen LogP contribution in [0.15, 0.2) is 0 Å². The highest BCUT2D eigenvalue weighted by Crippen LogP contribution is 2.34. The first kappa shape index (κ1) is 15.3. The van der Waals surface area contributed by atoms with Gasteiger partial charge in [-0.3, -0.25) is 9.59 Å². The summed E-state index contributed by atoms with van der Waals surface area (Å²) in [6, 6.07) is 0. The Hall–Kier alpha value is -1.10. The molecule has 2 rings (SSSR count). The molecule has 0 bridgehead atoms. The zero-order valence-corrected chi connectivity index (χ0v) is 12.4. The average Bonchev–Trinajstić information content (AvgIpc) is 2.97. The third-order valence-corrected chi connectivity index (χ3v) is 4.99. The number of hydrogen-bond donors (Lipinski definition) is 2. The Morgan fingerprint density at radius 3 is 2.85 bits per heavy atom. The molecule has 2 fully saturated rings. The van der Waals surface area contributed by atoms with Gasteiger partial charge >= 0.3 is 5.97 Å². The topological polar surface area (TPSA) is 69.6 Å². The minimum atomic E-state index is -0.752. The van der Waals surface area contributed by atoms with E-state index in [4.69, 9.17) is 0 Å². The number of nitrogens with one attached hydrogen (secondary N) is 1. The molecule has 0 radical (unpaired) electrons. The molecular formula is C15H26N2O3. The van der Waals surface area contributed by atoms with Crippen LogP contribution < -0.4 is 5.32 Å². The number of piperidine rings is 1. The van der Waals surface area contributed by atoms with Gasteiger partial charge in [-0.25, -0.2) is 0 Å². The predicted octanol–water partition coefficient (Wildman–Crippen LogP) is 1.48. The van der Waals surface area contributed by atoms with Gasteiger partial charge in [-0.2, -0.15) is 0 Å². The summed E-state index contributed by atoms with van der Waals surface area (Å²) in [5.74, 6) is -0.00712. The lowest BCUT2D eigenvalue weighted by Gasteiger charge is -2.39. The summed E-state index contributed by atoms with van der Waals surface area (Å²) in [6.07, 6.45) is 4.73. The number of hydrogen-bond acceptors (Lipinski definition) is 3. The van der Waals surface area contributed by atoms with Gasteiger partial charge in [0.25, 0.3) is 0 Å². The summed E-state index contributed by atoms with van der Waals surface area (Å²) < 4.78 is 0. The Morgan fingerprint density at radius 1 is 1.45 bits per heavy atom. The molecular weight excluding hydrogens is 256 g/mol. The molecule has 2 atom stereocenters. The monoisotopic (exact) mass is 282 g/mol. The number of carbonyl (C=O) groups is 2. The molecule has 2 heterocycles. The zero-order valence-electron chi connectivity index (χ0n) is 12.4. The molecule has 0 spiro atoms. The molecule has 2 saturated heterocycles. The Kier molecular flexibility index (Phi) is 5.02. The maximum absolute atomic E-state index is 12.3. The van der Waals surface area contributed by atoms with Crippen molar-refractivity contribution in [2.45, 2.75) is 45.4 Å². The van der Waals surface area contributed by atoms with Gasteiger partial charge in [-0.1, -0.05) is 6.92 Å². The summed E-state index contributed by atoms with van der Waals surface area (Å²) in [5, 5.41) is 12.8. The molecule has 1 amide bonds. The van der Waals surface area contributed by atoms with E-state index in [2.05, 4.69) is 5.32 Å². The van der Waals surface area contributed by atoms with Gasteiger partial charge in [0, 0.05) is 19.5 Å². The van der Waals surface area contributed by atoms with Crippen LogP contribution in [0.2, 0.25) is 0 Å². The number of carboxylic acids is 1. The fourth-order valence-corrected chi connectivity index (χ4v) is 3.41. The zero-order chi connectivity index (χ0) is 14.6. The van der Waals surface area contributed by atoms with Crippen LogP contribution >= 0.6 is 0 Å². The van der Waals surface area contributed by atoms with Crippen molar-refractivity contribution < 1.29 is 14.7 Å². The quantitative estimate of drug-likeness (QED) is 0.801. The second kappa shape index (κ2) is 6.57. The fourth-order valence-electron chi connectivity index (χ4n) is 3.41. The van der Waals surface area contributed by atoms with Crippen LogP contribution in [0.1, 0.15) is 45.4 Å². The molecule has 0 aromatic rings. The fraction of sp³-hybridized carbons (Fsp3) is 0.867. The van der Waals surface area contributed by atoms with Gasteiger partial charge in [0.2, 0.25) is 5.91 Å². The van der Waals surface area contributed by atoms with E-state index in [0.29, 0.717) is 31.7 Å². The summed E-state index contributed by atoms with van der Waals surface area (Å²) in [6.45, 7) is 5.09. The van der Waals surface area contributed by atoms with E-state index in [0.717, 1.165) is 38.9 Å². The molecule has 5 nitrogen and oxygen atoms in total. The van der Waals surface area contributed by atoms with E-state index in [1.54, 1.807) is 4.90 Å². The van der Waals surface area contributed by atoms with Crippen molar-refractivity contribution in [3.63, 3.8) is 0 Å². The molecule has 114 valence electrons. The van der Waals surface area contributed by atoms with E-state index in [-0.39, 0.29) is 5.91 Å². The van der Waals surface area contributed by atoms with Crippen molar-refractivity contribution in [3.05, 3.63) is 0 Å². The Balaban J connectivity index is 1.87. The van der Waals surface area contributed by atoms with E-state index in [1.807, 2.05) is 6.92 Å². The highest BCUT2D eigenvalue weighted by atomic mass is 16.4. The van der Waals surface area contributed by atoms with E-state index >= 15 is 0 Å². The van der Waals surface area contributed by atoms with E-state index in [1.165, 1.54) is 0 Å². The summed E-state index contributed by atoms with van der Waals surface area (Å²) in [4.78, 5) is 25.6. The molecule has 0 aromatic heterocycles. The molecule has 0 aliphatic carbocycles. The molecule has 5 heteroatoms. The first-order valence-electron chi connectivity index (χ1n) is 7.79. The number of aliphatic carboxylic acids is 1. The number of amides is 1. The Labute approximate surface area is 120 Å². The number of likely N-dealkylation sites (tertiary alicyclic amines) is 1. The average molecular weight is 282 g/mol. The SMILES string of the molecule is CCC1(C(=O)O)CCCN(C(=O)CCC2CCNC2)C1. The Bertz CT molecular complexity index is 366. The molecule has 0 saturated carbocycles. The molecule has 20 heavy (non-hydrogen) atoms. The van der Waals surface area contributed by atoms with Crippen molar-refractivity contribution >= 4 is 11.9 Å². The van der Waals surface area contributed by atoms with Gasteiger partial charge in [0.1, 0.15) is 0 Å². The number of nitrogens with zero attached hydrogens (tertiary/aromatic N) is 1. The lowest BCUT2D eigenvalue weighted by molar-refractivity contribution is -0.155. The first-order chi connectivity index (χ1) is 9.57. The van der Waals surface area contributed by atoms with Gasteiger partial charge in [0.05, 0.1) is 5.41 Å². The van der Waals surface area contributed by atoms with Crippen molar-refractivity contribution in [3.8, 4) is 0 Å². The van der Waals surface area contributed by atoms with Crippen molar-refractivity contribution in [2.75, 3.05) is 26.2 Å². The van der Waals surface area contributed by atoms with Crippen LogP contribution in [0.25, 0.3) is 0 Å². The summed E-state index contributed by atoms with van der Waals surface area (Å²) >= 11 is 0. The van der Waals surface area contributed by atoms with Crippen LogP contribution in [0.3, 0.4) is 0 Å². The second-order valence-corrected chi connectivity index (χ2v) is 6.26. The third-order valence-electron chi connectivity index (χ3n) is 4.99. The molecule has 0 aromatic carbocycles. The van der Waals surface area contributed by atoms with Gasteiger partial charge in [-0.15, -0.1) is 0 Å². The summed E-state index contributed by atoms with van der Waals surface area (Å²) in [7, 11) is 0. The van der Waals surface area contributed by atoms with Crippen molar-refractivity contribution in [1.82, 2.24) is 10.2 Å². The minimum Gasteiger partial charge on any atom is -0.481 e. The summed E-state index contributed by atoms with van der Waals surface area (Å²) in [5.41, 5.74) is -0.719. The minimum absolute atomic E-state index is 0.135. The molecule has 2 aliphatic heterocycles. The molecule has 2 aliphatic rings. The van der Waals surface area contributed by atoms with Crippen LogP contribution in [0.4, 0.5) is 0 Å². The lowest BCUT2D eigenvalue weighted by Crippen LogP contribution is -2.49. The standard InChI is InChI=1S/C15H26N2O3/c1-2-15(14(19)20)7-3-9-17(11-15)13(18)5-4-12-6-8-16-10-12/h12,16H,2-11H2,1H3,(H,19,20). The maximum Gasteiger partial charge on any atom is 0.311 e. The third kappa shape index (κ3) is 3.32. The predicted molar refractivity (Wildman–Crippen MR) is 76.4 cm³/mol. The van der Waals surface area contributed by atoms with Crippen LogP contribution in [0, 0.1) is 11.3 Å². The van der Waals surface area contributed by atoms with Crippen LogP contribution in [-0.2, 0) is 9.59 Å². The van der Waals surface area contributed by atoms with E-state index in [9.17, 15) is 14.7 Å². The van der Waals surface area contributed by atoms with Crippen molar-refractivity contribution in [1.29, 1.82) is 0 Å². The number of carboxylic acid groups (broad SMARTS) is 1. The lowest BCUT2D eigenvalue weighted by atomic mass is 9.77. The highest BCUT2D eigenvalue weighted by molar-refractivity contribution is 5.79. The molecule has 2 N–H and O–H groups in total. The normalized spacial score (nSPS) is 30.4. The highest BCUT2D eigenvalue weighted by Gasteiger charge is 2.41. The first-order valence-corrected chi connectivity index (χ1v) is 7.79. The van der Waals surface area contributed by atoms with E-state index < -0.39 is 11.4 Å². The Morgan fingerprint density at radius 2 is 2.25 bits per heavy atom. The van der Waals surface area contributed by atoms with Crippen LogP contribution in [0.5, 0.6) is 0 Å². The maximum atomic E-state index is 12.3. The second-order valence-electron chi connectivity index (χ2n) is 6.26.